The van der Waals surface area contributed by atoms with Crippen LogP contribution in [0.25, 0.3) is 0 Å². The molecule has 1 aliphatic rings. The smallest absolute Gasteiger partial charge is 0.235 e. The summed E-state index contributed by atoms with van der Waals surface area (Å²) < 4.78 is 0. The maximum Gasteiger partial charge on any atom is 0.235 e. The first-order chi connectivity index (χ1) is 5.34. The Kier molecular flexibility index (Phi) is 2.75. The van der Waals surface area contributed by atoms with Gasteiger partial charge in [-0.1, -0.05) is 6.08 Å². The molecule has 11 heavy (non-hydrogen) atoms. The van der Waals surface area contributed by atoms with Gasteiger partial charge in [0.2, 0.25) is 6.08 Å². The topological polar surface area (TPSA) is 46.5 Å². The third-order valence-corrected chi connectivity index (χ3v) is 1.67. The number of hydrogen-bond donors (Lipinski definition) is 0. The summed E-state index contributed by atoms with van der Waals surface area (Å²) in [7, 11) is 0. The zero-order chi connectivity index (χ0) is 8.10. The highest BCUT2D eigenvalue weighted by molar-refractivity contribution is 5.96. The van der Waals surface area contributed by atoms with Gasteiger partial charge in [0.1, 0.15) is 0 Å². The van der Waals surface area contributed by atoms with E-state index in [1.807, 2.05) is 6.08 Å². The Morgan fingerprint density at radius 2 is 2.45 bits per heavy atom. The molecule has 0 aliphatic heterocycles. The number of Topliss-reactive ketones (excluding diaryl/α,β-unsaturated/α-hetero) is 1. The first-order valence-electron chi connectivity index (χ1n) is 3.60. The van der Waals surface area contributed by atoms with Crippen molar-refractivity contribution in [3.8, 4) is 0 Å². The molecule has 1 aliphatic carbocycles. The minimum absolute atomic E-state index is 0.121. The second kappa shape index (κ2) is 3.84. The number of ketones is 1. The molecule has 0 fully saturated rings. The van der Waals surface area contributed by atoms with Crippen LogP contribution in [0.1, 0.15) is 19.3 Å². The largest absolute Gasteiger partial charge is 0.294 e. The van der Waals surface area contributed by atoms with Gasteiger partial charge in [-0.2, -0.15) is 0 Å². The van der Waals surface area contributed by atoms with Crippen molar-refractivity contribution in [2.75, 3.05) is 6.54 Å². The maximum atomic E-state index is 11.0. The summed E-state index contributed by atoms with van der Waals surface area (Å²) in [6.45, 7) is 0.211. The van der Waals surface area contributed by atoms with Crippen molar-refractivity contribution in [3.63, 3.8) is 0 Å². The fraction of sp³-hybridized carbons (Fsp3) is 0.500. The molecule has 1 rings (SSSR count). The predicted molar refractivity (Wildman–Crippen MR) is 39.9 cm³/mol. The van der Waals surface area contributed by atoms with Gasteiger partial charge < -0.3 is 0 Å². The molecule has 0 aromatic rings. The van der Waals surface area contributed by atoms with Crippen molar-refractivity contribution >= 4 is 11.9 Å². The van der Waals surface area contributed by atoms with Gasteiger partial charge in [0, 0.05) is 12.0 Å². The average molecular weight is 151 g/mol. The second-order valence-electron chi connectivity index (χ2n) is 2.45. The monoisotopic (exact) mass is 151 g/mol. The normalized spacial score (nSPS) is 17.1. The number of hydrogen-bond acceptors (Lipinski definition) is 3. The van der Waals surface area contributed by atoms with Crippen molar-refractivity contribution < 1.29 is 9.59 Å². The molecule has 0 unspecified atom stereocenters. The Balaban J connectivity index is 2.60. The molecule has 0 saturated carbocycles. The third kappa shape index (κ3) is 2.13. The molecule has 0 radical (unpaired) electrons. The summed E-state index contributed by atoms with van der Waals surface area (Å²) in [6.07, 6.45) is 5.72. The molecule has 3 heteroatoms. The maximum absolute atomic E-state index is 11.0. The highest BCUT2D eigenvalue weighted by atomic mass is 16.1. The molecule has 0 amide bonds. The Morgan fingerprint density at radius 3 is 3.09 bits per heavy atom. The van der Waals surface area contributed by atoms with Crippen LogP contribution in [0, 0.1) is 0 Å². The molecule has 0 heterocycles. The molecular weight excluding hydrogens is 142 g/mol. The second-order valence-corrected chi connectivity index (χ2v) is 2.45. The van der Waals surface area contributed by atoms with E-state index in [1.165, 1.54) is 6.08 Å². The summed E-state index contributed by atoms with van der Waals surface area (Å²) in [5, 5.41) is 0. The molecule has 0 bridgehead atoms. The molecule has 0 atom stereocenters. The van der Waals surface area contributed by atoms with Crippen molar-refractivity contribution in [1.29, 1.82) is 0 Å². The summed E-state index contributed by atoms with van der Waals surface area (Å²) in [6, 6.07) is 0. The van der Waals surface area contributed by atoms with Crippen molar-refractivity contribution in [2.45, 2.75) is 19.3 Å². The van der Waals surface area contributed by atoms with E-state index in [-0.39, 0.29) is 12.3 Å². The standard InChI is InChI=1S/C8H9NO2/c10-6-9-5-7-3-1-2-4-8(7)11/h3H,1-2,4-5H2. The molecule has 0 aromatic carbocycles. The molecule has 3 nitrogen and oxygen atoms in total. The lowest BCUT2D eigenvalue weighted by Crippen LogP contribution is -2.09. The van der Waals surface area contributed by atoms with Crippen LogP contribution in [0.3, 0.4) is 0 Å². The van der Waals surface area contributed by atoms with Crippen LogP contribution in [0.4, 0.5) is 0 Å². The summed E-state index contributed by atoms with van der Waals surface area (Å²) in [5.41, 5.74) is 0.666. The summed E-state index contributed by atoms with van der Waals surface area (Å²) in [5.74, 6) is 0.121. The first kappa shape index (κ1) is 7.89. The predicted octanol–water partition coefficient (Wildman–Crippen LogP) is 1.00. The quantitative estimate of drug-likeness (QED) is 0.436. The van der Waals surface area contributed by atoms with Crippen LogP contribution >= 0.6 is 0 Å². The molecule has 58 valence electrons. The van der Waals surface area contributed by atoms with Gasteiger partial charge in [-0.3, -0.25) is 4.79 Å². The third-order valence-electron chi connectivity index (χ3n) is 1.67. The number of carbonyl (C=O) groups excluding carboxylic acids is 2. The molecule has 0 N–H and O–H groups in total. The van der Waals surface area contributed by atoms with Gasteiger partial charge in [0.25, 0.3) is 0 Å². The number of carbonyl (C=O) groups is 1. The van der Waals surface area contributed by atoms with Gasteiger partial charge in [0.15, 0.2) is 5.78 Å². The van der Waals surface area contributed by atoms with E-state index in [2.05, 4.69) is 4.99 Å². The van der Waals surface area contributed by atoms with Gasteiger partial charge in [-0.25, -0.2) is 9.79 Å². The Labute approximate surface area is 64.8 Å². The van der Waals surface area contributed by atoms with Crippen molar-refractivity contribution in [1.82, 2.24) is 0 Å². The number of aliphatic imine (C=N–C) groups is 1. The zero-order valence-corrected chi connectivity index (χ0v) is 6.17. The molecule has 0 saturated heterocycles. The molecule has 0 aromatic heterocycles. The van der Waals surface area contributed by atoms with Crippen LogP contribution < -0.4 is 0 Å². The minimum atomic E-state index is 0.121. The Bertz CT molecular complexity index is 236. The lowest BCUT2D eigenvalue weighted by molar-refractivity contribution is -0.115. The average Bonchev–Trinajstić information content (AvgIpc) is 2.03. The van der Waals surface area contributed by atoms with Crippen molar-refractivity contribution in [3.05, 3.63) is 11.6 Å². The van der Waals surface area contributed by atoms with Crippen molar-refractivity contribution in [2.24, 2.45) is 4.99 Å². The number of isocyanates is 1. The van der Waals surface area contributed by atoms with Crippen LogP contribution in [-0.4, -0.2) is 18.4 Å². The van der Waals surface area contributed by atoms with Gasteiger partial charge in [0.05, 0.1) is 6.54 Å². The van der Waals surface area contributed by atoms with Gasteiger partial charge in [-0.05, 0) is 12.8 Å². The van der Waals surface area contributed by atoms with Gasteiger partial charge in [-0.15, -0.1) is 0 Å². The van der Waals surface area contributed by atoms with E-state index in [0.29, 0.717) is 12.0 Å². The van der Waals surface area contributed by atoms with E-state index in [0.717, 1.165) is 12.8 Å². The van der Waals surface area contributed by atoms with E-state index in [1.54, 1.807) is 0 Å². The number of allylic oxidation sites excluding steroid dienone is 1. The SMILES string of the molecule is O=C=NCC1=CCCCC1=O. The van der Waals surface area contributed by atoms with Crippen LogP contribution in [0.15, 0.2) is 16.6 Å². The van der Waals surface area contributed by atoms with Crippen LogP contribution in [0.2, 0.25) is 0 Å². The Hall–Kier alpha value is -1.21. The number of nitrogens with zero attached hydrogens (tertiary/aromatic N) is 1. The zero-order valence-electron chi connectivity index (χ0n) is 6.17. The Morgan fingerprint density at radius 1 is 1.64 bits per heavy atom. The molecular formula is C8H9NO2. The highest BCUT2D eigenvalue weighted by Gasteiger charge is 2.11. The molecule has 0 spiro atoms. The van der Waals surface area contributed by atoms with E-state index >= 15 is 0 Å². The summed E-state index contributed by atoms with van der Waals surface area (Å²) >= 11 is 0. The fourth-order valence-electron chi connectivity index (χ4n) is 1.08. The van der Waals surface area contributed by atoms with Crippen LogP contribution in [-0.2, 0) is 9.59 Å². The fourth-order valence-corrected chi connectivity index (χ4v) is 1.08. The minimum Gasteiger partial charge on any atom is -0.294 e. The van der Waals surface area contributed by atoms with E-state index < -0.39 is 0 Å². The summed E-state index contributed by atoms with van der Waals surface area (Å²) in [4.78, 5) is 24.1. The lowest BCUT2D eigenvalue weighted by atomic mass is 9.98. The lowest BCUT2D eigenvalue weighted by Gasteiger charge is -2.07. The van der Waals surface area contributed by atoms with E-state index in [4.69, 9.17) is 0 Å². The van der Waals surface area contributed by atoms with Crippen LogP contribution in [0.5, 0.6) is 0 Å². The van der Waals surface area contributed by atoms with Gasteiger partial charge >= 0.3 is 0 Å². The van der Waals surface area contributed by atoms with E-state index in [9.17, 15) is 9.59 Å². The first-order valence-corrected chi connectivity index (χ1v) is 3.60. The number of rotatable bonds is 2. The highest BCUT2D eigenvalue weighted by Crippen LogP contribution is 2.13.